The monoisotopic (exact) mass is 588 g/mol. The third kappa shape index (κ3) is 8.54. The molecule has 2 aromatic carbocycles. The third-order valence-corrected chi connectivity index (χ3v) is 6.74. The van der Waals surface area contributed by atoms with Crippen LogP contribution in [0.1, 0.15) is 60.3 Å². The highest BCUT2D eigenvalue weighted by Gasteiger charge is 2.30. The molecule has 0 saturated carbocycles. The van der Waals surface area contributed by atoms with Crippen LogP contribution in [-0.4, -0.2) is 65.5 Å². The van der Waals surface area contributed by atoms with Crippen LogP contribution in [-0.2, 0) is 20.7 Å². The number of carboxylic acids is 1. The smallest absolute Gasteiger partial charge is 0.407 e. The number of hydrogen-bond donors (Lipinski definition) is 4. The number of amides is 3. The van der Waals surface area contributed by atoms with Crippen LogP contribution in [0.3, 0.4) is 0 Å². The Hall–Kier alpha value is -4.93. The van der Waals surface area contributed by atoms with Gasteiger partial charge in [-0.25, -0.2) is 14.4 Å². The molecule has 11 heteroatoms. The van der Waals surface area contributed by atoms with Crippen molar-refractivity contribution in [1.82, 2.24) is 20.9 Å². The van der Waals surface area contributed by atoms with Crippen molar-refractivity contribution >= 4 is 24.1 Å². The van der Waals surface area contributed by atoms with Gasteiger partial charge in [0.05, 0.1) is 0 Å². The maximum absolute atomic E-state index is 12.7. The lowest BCUT2D eigenvalue weighted by Crippen LogP contribution is -2.43. The van der Waals surface area contributed by atoms with Crippen LogP contribution >= 0.6 is 0 Å². The molecule has 1 aliphatic carbocycles. The Bertz CT molecular complexity index is 1440. The van der Waals surface area contributed by atoms with E-state index in [4.69, 9.17) is 9.47 Å². The molecule has 0 spiro atoms. The molecule has 3 amide bonds. The number of nitrogens with one attached hydrogen (secondary N) is 3. The van der Waals surface area contributed by atoms with Crippen molar-refractivity contribution in [2.45, 2.75) is 51.2 Å². The molecule has 4 rings (SSSR count). The highest BCUT2D eigenvalue weighted by molar-refractivity contribution is 5.92. The van der Waals surface area contributed by atoms with Crippen LogP contribution < -0.4 is 16.0 Å². The molecular weight excluding hydrogens is 552 g/mol. The summed E-state index contributed by atoms with van der Waals surface area (Å²) >= 11 is 0. The average Bonchev–Trinajstić information content (AvgIpc) is 3.28. The average molecular weight is 589 g/mol. The van der Waals surface area contributed by atoms with Gasteiger partial charge in [-0.3, -0.25) is 9.78 Å². The maximum atomic E-state index is 12.7. The molecule has 0 bridgehead atoms. The molecule has 43 heavy (non-hydrogen) atoms. The zero-order chi connectivity index (χ0) is 31.0. The van der Waals surface area contributed by atoms with E-state index in [1.54, 1.807) is 26.8 Å². The van der Waals surface area contributed by atoms with Gasteiger partial charge in [-0.15, -0.1) is 0 Å². The highest BCUT2D eigenvalue weighted by Crippen LogP contribution is 2.44. The Morgan fingerprint density at radius 3 is 2.16 bits per heavy atom. The van der Waals surface area contributed by atoms with Crippen molar-refractivity contribution in [3.63, 3.8) is 0 Å². The topological polar surface area (TPSA) is 156 Å². The van der Waals surface area contributed by atoms with Gasteiger partial charge in [0.25, 0.3) is 5.91 Å². The number of nitrogens with zero attached hydrogens (tertiary/aromatic N) is 1. The van der Waals surface area contributed by atoms with Crippen LogP contribution in [0.25, 0.3) is 11.1 Å². The lowest BCUT2D eigenvalue weighted by molar-refractivity contribution is -0.139. The predicted molar refractivity (Wildman–Crippen MR) is 159 cm³/mol. The van der Waals surface area contributed by atoms with E-state index >= 15 is 0 Å². The zero-order valence-electron chi connectivity index (χ0n) is 24.4. The predicted octanol–water partition coefficient (Wildman–Crippen LogP) is 4.26. The molecule has 1 aliphatic rings. The molecule has 0 unspecified atom stereocenters. The first-order valence-corrected chi connectivity index (χ1v) is 14.1. The minimum atomic E-state index is -1.28. The van der Waals surface area contributed by atoms with E-state index in [9.17, 15) is 24.3 Å². The van der Waals surface area contributed by atoms with Gasteiger partial charge in [0, 0.05) is 31.6 Å². The van der Waals surface area contributed by atoms with E-state index in [-0.39, 0.29) is 31.2 Å². The second-order valence-corrected chi connectivity index (χ2v) is 11.2. The summed E-state index contributed by atoms with van der Waals surface area (Å²) in [6, 6.07) is 17.6. The van der Waals surface area contributed by atoms with Crippen molar-refractivity contribution in [1.29, 1.82) is 0 Å². The maximum Gasteiger partial charge on any atom is 0.407 e. The van der Waals surface area contributed by atoms with Gasteiger partial charge in [0.2, 0.25) is 0 Å². The van der Waals surface area contributed by atoms with Crippen molar-refractivity contribution < 1.29 is 33.8 Å². The van der Waals surface area contributed by atoms with Gasteiger partial charge in [-0.1, -0.05) is 48.5 Å². The van der Waals surface area contributed by atoms with Gasteiger partial charge in [0.1, 0.15) is 23.9 Å². The summed E-state index contributed by atoms with van der Waals surface area (Å²) in [5.41, 5.74) is 4.28. The summed E-state index contributed by atoms with van der Waals surface area (Å²) < 4.78 is 10.7. The molecule has 11 nitrogen and oxygen atoms in total. The Balaban J connectivity index is 1.27. The molecule has 0 radical (unpaired) electrons. The van der Waals surface area contributed by atoms with Crippen LogP contribution in [0.2, 0.25) is 0 Å². The number of hydrogen-bond acceptors (Lipinski definition) is 7. The minimum absolute atomic E-state index is 0.0546. The van der Waals surface area contributed by atoms with Crippen molar-refractivity contribution in [2.24, 2.45) is 0 Å². The Morgan fingerprint density at radius 2 is 1.53 bits per heavy atom. The summed E-state index contributed by atoms with van der Waals surface area (Å²) in [6.45, 7) is 5.95. The van der Waals surface area contributed by atoms with E-state index < -0.39 is 35.7 Å². The molecule has 3 aromatic rings. The molecule has 0 aliphatic heterocycles. The number of ether oxygens (including phenoxy) is 2. The number of carboxylic acid groups (broad SMARTS) is 1. The molecule has 0 saturated heterocycles. The molecule has 4 N–H and O–H groups in total. The minimum Gasteiger partial charge on any atom is -0.480 e. The Labute approximate surface area is 250 Å². The third-order valence-electron chi connectivity index (χ3n) is 6.74. The quantitative estimate of drug-likeness (QED) is 0.242. The van der Waals surface area contributed by atoms with E-state index in [1.807, 2.05) is 48.5 Å². The summed E-state index contributed by atoms with van der Waals surface area (Å²) in [5, 5.41) is 17.5. The van der Waals surface area contributed by atoms with Gasteiger partial charge in [-0.05, 0) is 67.1 Å². The first-order valence-electron chi connectivity index (χ1n) is 14.1. The van der Waals surface area contributed by atoms with Gasteiger partial charge in [0.15, 0.2) is 0 Å². The number of benzene rings is 2. The van der Waals surface area contributed by atoms with Gasteiger partial charge in [-0.2, -0.15) is 0 Å². The molecule has 226 valence electrons. The Morgan fingerprint density at radius 1 is 0.907 bits per heavy atom. The Kier molecular flexibility index (Phi) is 9.97. The van der Waals surface area contributed by atoms with Crippen LogP contribution in [0.4, 0.5) is 9.59 Å². The molecular formula is C32H36N4O7. The fourth-order valence-corrected chi connectivity index (χ4v) is 4.83. The van der Waals surface area contributed by atoms with E-state index in [1.165, 1.54) is 12.3 Å². The summed E-state index contributed by atoms with van der Waals surface area (Å²) in [5.74, 6) is -1.85. The zero-order valence-corrected chi connectivity index (χ0v) is 24.4. The largest absolute Gasteiger partial charge is 0.480 e. The van der Waals surface area contributed by atoms with E-state index in [2.05, 4.69) is 20.9 Å². The SMILES string of the molecule is CC(C)(C)OC(=O)NCCCNC(=O)c1cc(C[C@H](NC(=O)OCC2c3ccccc3-c3ccccc32)C(=O)O)ccn1. The number of fused-ring (bicyclic) bond motifs is 3. The number of pyridine rings is 1. The summed E-state index contributed by atoms with van der Waals surface area (Å²) in [7, 11) is 0. The number of rotatable bonds is 11. The first kappa shape index (κ1) is 31.0. The number of aromatic nitrogens is 1. The number of aliphatic carboxylic acids is 1. The van der Waals surface area contributed by atoms with Crippen molar-refractivity contribution in [3.8, 4) is 11.1 Å². The number of alkyl carbamates (subject to hydrolysis) is 2. The normalized spacial score (nSPS) is 12.8. The van der Waals surface area contributed by atoms with Gasteiger partial charge >= 0.3 is 18.2 Å². The van der Waals surface area contributed by atoms with E-state index in [0.717, 1.165) is 22.3 Å². The molecule has 0 fully saturated rings. The van der Waals surface area contributed by atoms with E-state index in [0.29, 0.717) is 18.5 Å². The second kappa shape index (κ2) is 13.8. The number of carbonyl (C=O) groups is 4. The van der Waals surface area contributed by atoms with Gasteiger partial charge < -0.3 is 30.5 Å². The molecule has 1 heterocycles. The summed E-state index contributed by atoms with van der Waals surface area (Å²) in [6.07, 6.45) is 0.410. The van der Waals surface area contributed by atoms with Crippen molar-refractivity contribution in [3.05, 3.63) is 89.2 Å². The van der Waals surface area contributed by atoms with Crippen LogP contribution in [0.5, 0.6) is 0 Å². The standard InChI is InChI=1S/C32H36N4O7/c1-32(2,3)43-30(40)35-15-8-14-34-28(37)26-17-20(13-16-33-26)18-27(29(38)39)36-31(41)42-19-25-23-11-6-4-9-21(23)22-10-5-7-12-24(22)25/h4-7,9-13,16-17,25,27H,8,14-15,18-19H2,1-3H3,(H,34,37)(H,35,40)(H,36,41)(H,38,39)/t27-/m0/s1. The van der Waals surface area contributed by atoms with Crippen LogP contribution in [0.15, 0.2) is 66.9 Å². The highest BCUT2D eigenvalue weighted by atomic mass is 16.6. The fourth-order valence-electron chi connectivity index (χ4n) is 4.83. The first-order chi connectivity index (χ1) is 20.5. The lowest BCUT2D eigenvalue weighted by atomic mass is 9.98. The molecule has 1 aromatic heterocycles. The summed E-state index contributed by atoms with van der Waals surface area (Å²) in [4.78, 5) is 53.0. The van der Waals surface area contributed by atoms with Crippen molar-refractivity contribution in [2.75, 3.05) is 19.7 Å². The second-order valence-electron chi connectivity index (χ2n) is 11.2. The molecule has 1 atom stereocenters. The number of carbonyl (C=O) groups excluding carboxylic acids is 3. The lowest BCUT2D eigenvalue weighted by Gasteiger charge is -2.19. The fraction of sp³-hybridized carbons (Fsp3) is 0.344. The van der Waals surface area contributed by atoms with Crippen LogP contribution in [0, 0.1) is 0 Å².